The summed E-state index contributed by atoms with van der Waals surface area (Å²) in [5.41, 5.74) is 1.12. The van der Waals surface area contributed by atoms with Crippen molar-refractivity contribution in [1.29, 1.82) is 0 Å². The van der Waals surface area contributed by atoms with Crippen molar-refractivity contribution < 1.29 is 14.6 Å². The zero-order valence-electron chi connectivity index (χ0n) is 10.4. The van der Waals surface area contributed by atoms with Crippen LogP contribution in [-0.4, -0.2) is 11.1 Å². The Labute approximate surface area is 126 Å². The summed E-state index contributed by atoms with van der Waals surface area (Å²) in [6.45, 7) is -0.0151. The van der Waals surface area contributed by atoms with Crippen molar-refractivity contribution in [3.8, 4) is 0 Å². The van der Waals surface area contributed by atoms with Gasteiger partial charge in [-0.25, -0.2) is 4.79 Å². The summed E-state index contributed by atoms with van der Waals surface area (Å²) in [6, 6.07) is 13.5. The van der Waals surface area contributed by atoms with Gasteiger partial charge in [0.15, 0.2) is 6.10 Å². The molecule has 2 rings (SSSR count). The summed E-state index contributed by atoms with van der Waals surface area (Å²) in [5.74, 6) is -0.720. The summed E-state index contributed by atoms with van der Waals surface area (Å²) < 4.78 is 5.05. The minimum atomic E-state index is -1.30. The van der Waals surface area contributed by atoms with E-state index in [-0.39, 0.29) is 6.61 Å². The van der Waals surface area contributed by atoms with Crippen molar-refractivity contribution >= 4 is 29.2 Å². The fourth-order valence-corrected chi connectivity index (χ4v) is 2.10. The van der Waals surface area contributed by atoms with E-state index in [1.165, 1.54) is 0 Å². The van der Waals surface area contributed by atoms with Gasteiger partial charge in [-0.05, 0) is 17.7 Å². The van der Waals surface area contributed by atoms with Crippen LogP contribution in [-0.2, 0) is 16.1 Å². The summed E-state index contributed by atoms with van der Waals surface area (Å²) >= 11 is 11.7. The van der Waals surface area contributed by atoms with Crippen LogP contribution in [0.4, 0.5) is 0 Å². The molecule has 1 atom stereocenters. The normalized spacial score (nSPS) is 11.9. The van der Waals surface area contributed by atoms with Crippen LogP contribution in [0.15, 0.2) is 48.5 Å². The average molecular weight is 311 g/mol. The number of carbonyl (C=O) groups is 1. The Balaban J connectivity index is 1.98. The molecular weight excluding hydrogens is 299 g/mol. The molecule has 0 saturated heterocycles. The van der Waals surface area contributed by atoms with E-state index in [2.05, 4.69) is 0 Å². The number of ether oxygens (including phenoxy) is 1. The van der Waals surface area contributed by atoms with Crippen LogP contribution < -0.4 is 0 Å². The quantitative estimate of drug-likeness (QED) is 0.874. The Morgan fingerprint density at radius 1 is 1.15 bits per heavy atom. The van der Waals surface area contributed by atoms with E-state index in [1.807, 2.05) is 0 Å². The number of hydrogen-bond acceptors (Lipinski definition) is 3. The van der Waals surface area contributed by atoms with Crippen LogP contribution in [0, 0.1) is 0 Å². The van der Waals surface area contributed by atoms with Gasteiger partial charge in [0.25, 0.3) is 0 Å². The highest BCUT2D eigenvalue weighted by Gasteiger charge is 2.18. The maximum absolute atomic E-state index is 11.8. The van der Waals surface area contributed by atoms with Crippen LogP contribution in [0.25, 0.3) is 0 Å². The first-order chi connectivity index (χ1) is 9.58. The third-order valence-corrected chi connectivity index (χ3v) is 3.31. The monoisotopic (exact) mass is 310 g/mol. The zero-order chi connectivity index (χ0) is 14.5. The minimum Gasteiger partial charge on any atom is -0.459 e. The van der Waals surface area contributed by atoms with Gasteiger partial charge in [0.05, 0.1) is 0 Å². The first-order valence-electron chi connectivity index (χ1n) is 5.91. The number of rotatable bonds is 4. The lowest BCUT2D eigenvalue weighted by atomic mass is 10.1. The zero-order valence-corrected chi connectivity index (χ0v) is 11.9. The molecule has 2 aromatic carbocycles. The fourth-order valence-electron chi connectivity index (χ4n) is 1.64. The van der Waals surface area contributed by atoms with Crippen molar-refractivity contribution in [3.63, 3.8) is 0 Å². The van der Waals surface area contributed by atoms with Crippen LogP contribution in [0.1, 0.15) is 17.2 Å². The Kier molecular flexibility index (Phi) is 5.01. The Morgan fingerprint density at radius 2 is 1.85 bits per heavy atom. The van der Waals surface area contributed by atoms with Crippen molar-refractivity contribution in [3.05, 3.63) is 69.7 Å². The fraction of sp³-hybridized carbons (Fsp3) is 0.133. The van der Waals surface area contributed by atoms with E-state index in [9.17, 15) is 9.90 Å². The second kappa shape index (κ2) is 6.75. The number of aliphatic hydroxyl groups excluding tert-OH is 1. The molecule has 2 aromatic rings. The second-order valence-electron chi connectivity index (χ2n) is 4.16. The lowest BCUT2D eigenvalue weighted by molar-refractivity contribution is -0.155. The number of esters is 1. The topological polar surface area (TPSA) is 46.5 Å². The lowest BCUT2D eigenvalue weighted by Gasteiger charge is -2.11. The number of hydrogen-bond donors (Lipinski definition) is 1. The van der Waals surface area contributed by atoms with Gasteiger partial charge in [0.1, 0.15) is 6.61 Å². The molecule has 0 aliphatic heterocycles. The molecule has 104 valence electrons. The maximum atomic E-state index is 11.8. The van der Waals surface area contributed by atoms with Crippen molar-refractivity contribution in [2.24, 2.45) is 0 Å². The molecule has 0 aliphatic carbocycles. The maximum Gasteiger partial charge on any atom is 0.339 e. The third-order valence-electron chi connectivity index (χ3n) is 2.72. The molecule has 3 nitrogen and oxygen atoms in total. The standard InChI is InChI=1S/C15H12Cl2O3/c16-12-7-6-11(13(17)8-12)9-20-15(19)14(18)10-4-2-1-3-5-10/h1-8,14,18H,9H2/t14-/m1/s1. The molecule has 0 bridgehead atoms. The molecule has 5 heteroatoms. The van der Waals surface area contributed by atoms with Gasteiger partial charge in [0.2, 0.25) is 0 Å². The average Bonchev–Trinajstić information content (AvgIpc) is 2.46. The van der Waals surface area contributed by atoms with E-state index < -0.39 is 12.1 Å². The summed E-state index contributed by atoms with van der Waals surface area (Å²) in [5, 5.41) is 10.8. The SMILES string of the molecule is O=C(OCc1ccc(Cl)cc1Cl)[C@H](O)c1ccccc1. The van der Waals surface area contributed by atoms with Gasteiger partial charge in [-0.3, -0.25) is 0 Å². The van der Waals surface area contributed by atoms with Crippen LogP contribution in [0.2, 0.25) is 10.0 Å². The van der Waals surface area contributed by atoms with E-state index >= 15 is 0 Å². The molecule has 0 aromatic heterocycles. The summed E-state index contributed by atoms with van der Waals surface area (Å²) in [4.78, 5) is 11.8. The molecule has 0 fully saturated rings. The molecule has 0 radical (unpaired) electrons. The molecule has 0 unspecified atom stereocenters. The van der Waals surface area contributed by atoms with Crippen LogP contribution in [0.3, 0.4) is 0 Å². The van der Waals surface area contributed by atoms with E-state index in [0.29, 0.717) is 21.2 Å². The minimum absolute atomic E-state index is 0.0151. The molecule has 1 N–H and O–H groups in total. The number of halogens is 2. The Morgan fingerprint density at radius 3 is 2.50 bits per heavy atom. The van der Waals surface area contributed by atoms with Crippen LogP contribution in [0.5, 0.6) is 0 Å². The molecular formula is C15H12Cl2O3. The van der Waals surface area contributed by atoms with Gasteiger partial charge in [-0.15, -0.1) is 0 Å². The summed E-state index contributed by atoms with van der Waals surface area (Å²) in [7, 11) is 0. The molecule has 0 amide bonds. The third kappa shape index (κ3) is 3.73. The summed E-state index contributed by atoms with van der Waals surface area (Å²) in [6.07, 6.45) is -1.30. The lowest BCUT2D eigenvalue weighted by Crippen LogP contribution is -2.15. The first kappa shape index (κ1) is 14.9. The van der Waals surface area contributed by atoms with E-state index in [1.54, 1.807) is 48.5 Å². The van der Waals surface area contributed by atoms with E-state index in [0.717, 1.165) is 0 Å². The number of benzene rings is 2. The first-order valence-corrected chi connectivity index (χ1v) is 6.67. The highest BCUT2D eigenvalue weighted by molar-refractivity contribution is 6.35. The second-order valence-corrected chi connectivity index (χ2v) is 5.00. The van der Waals surface area contributed by atoms with Crippen molar-refractivity contribution in [2.75, 3.05) is 0 Å². The predicted molar refractivity (Wildman–Crippen MR) is 77.7 cm³/mol. The van der Waals surface area contributed by atoms with Gasteiger partial charge in [0, 0.05) is 15.6 Å². The number of aliphatic hydroxyl groups is 1. The van der Waals surface area contributed by atoms with Gasteiger partial charge < -0.3 is 9.84 Å². The Hall–Kier alpha value is -1.55. The smallest absolute Gasteiger partial charge is 0.339 e. The molecule has 0 spiro atoms. The highest BCUT2D eigenvalue weighted by atomic mass is 35.5. The molecule has 20 heavy (non-hydrogen) atoms. The van der Waals surface area contributed by atoms with Crippen molar-refractivity contribution in [2.45, 2.75) is 12.7 Å². The van der Waals surface area contributed by atoms with Gasteiger partial charge in [-0.1, -0.05) is 59.6 Å². The molecule has 0 heterocycles. The highest BCUT2D eigenvalue weighted by Crippen LogP contribution is 2.22. The largest absolute Gasteiger partial charge is 0.459 e. The van der Waals surface area contributed by atoms with Crippen molar-refractivity contribution in [1.82, 2.24) is 0 Å². The Bertz CT molecular complexity index is 599. The molecule has 0 saturated carbocycles. The molecule has 0 aliphatic rings. The van der Waals surface area contributed by atoms with Crippen LogP contribution >= 0.6 is 23.2 Å². The predicted octanol–water partition coefficient (Wildman–Crippen LogP) is 3.77. The number of carbonyl (C=O) groups excluding carboxylic acids is 1. The van der Waals surface area contributed by atoms with E-state index in [4.69, 9.17) is 27.9 Å². The van der Waals surface area contributed by atoms with Gasteiger partial charge in [-0.2, -0.15) is 0 Å². The van der Waals surface area contributed by atoms with Gasteiger partial charge >= 0.3 is 5.97 Å².